The van der Waals surface area contributed by atoms with Crippen molar-refractivity contribution in [3.8, 4) is 17.2 Å². The Morgan fingerprint density at radius 1 is 1.00 bits per heavy atom. The lowest BCUT2D eigenvalue weighted by molar-refractivity contribution is -0.142. The Labute approximate surface area is 217 Å². The quantitative estimate of drug-likeness (QED) is 0.290. The monoisotopic (exact) mass is 496 g/mol. The highest BCUT2D eigenvalue weighted by Crippen LogP contribution is 2.30. The van der Waals surface area contributed by atoms with E-state index < -0.39 is 5.97 Å². The fraction of sp³-hybridized carbons (Fsp3) is 0.290. The number of rotatable bonds is 10. The molecule has 6 nitrogen and oxygen atoms in total. The maximum atomic E-state index is 12.0. The molecule has 0 bridgehead atoms. The van der Waals surface area contributed by atoms with Crippen molar-refractivity contribution in [2.45, 2.75) is 32.9 Å². The van der Waals surface area contributed by atoms with Gasteiger partial charge < -0.3 is 14.3 Å². The van der Waals surface area contributed by atoms with Crippen LogP contribution in [0, 0.1) is 18.8 Å². The molecule has 0 aliphatic carbocycles. The van der Waals surface area contributed by atoms with Crippen LogP contribution in [-0.2, 0) is 24.4 Å². The number of ether oxygens (including phenoxy) is 1. The highest BCUT2D eigenvalue weighted by atomic mass is 16.5. The number of carboxylic acids is 1. The predicted octanol–water partition coefficient (Wildman–Crippen LogP) is 5.99. The van der Waals surface area contributed by atoms with Crippen LogP contribution in [0.15, 0.2) is 89.3 Å². The maximum Gasteiger partial charge on any atom is 0.308 e. The van der Waals surface area contributed by atoms with Crippen molar-refractivity contribution in [1.82, 2.24) is 9.88 Å². The van der Waals surface area contributed by atoms with Crippen LogP contribution in [0.4, 0.5) is 0 Å². The zero-order valence-corrected chi connectivity index (χ0v) is 21.0. The first-order valence-corrected chi connectivity index (χ1v) is 12.8. The number of carbonyl (C=O) groups is 1. The van der Waals surface area contributed by atoms with E-state index in [2.05, 4.69) is 28.1 Å². The van der Waals surface area contributed by atoms with Crippen molar-refractivity contribution in [3.63, 3.8) is 0 Å². The molecule has 0 amide bonds. The van der Waals surface area contributed by atoms with E-state index in [-0.39, 0.29) is 11.8 Å². The summed E-state index contributed by atoms with van der Waals surface area (Å²) < 4.78 is 11.9. The Morgan fingerprint density at radius 2 is 1.73 bits per heavy atom. The molecule has 1 saturated heterocycles. The lowest BCUT2D eigenvalue weighted by atomic mass is 9.90. The van der Waals surface area contributed by atoms with Crippen LogP contribution < -0.4 is 4.74 Å². The van der Waals surface area contributed by atoms with E-state index in [1.807, 2.05) is 73.7 Å². The van der Waals surface area contributed by atoms with Crippen molar-refractivity contribution in [1.29, 1.82) is 0 Å². The molecular formula is C31H32N2O4. The first-order valence-electron chi connectivity index (χ1n) is 12.8. The molecule has 190 valence electrons. The molecule has 1 aromatic heterocycles. The summed E-state index contributed by atoms with van der Waals surface area (Å²) in [6, 6.07) is 28.1. The first kappa shape index (κ1) is 24.8. The van der Waals surface area contributed by atoms with E-state index in [9.17, 15) is 9.90 Å². The Morgan fingerprint density at radius 3 is 2.49 bits per heavy atom. The number of aromatic nitrogens is 1. The van der Waals surface area contributed by atoms with Gasteiger partial charge in [0, 0.05) is 25.2 Å². The van der Waals surface area contributed by atoms with Gasteiger partial charge in [0.1, 0.15) is 23.8 Å². The van der Waals surface area contributed by atoms with Crippen LogP contribution >= 0.6 is 0 Å². The molecule has 4 aromatic rings. The zero-order valence-electron chi connectivity index (χ0n) is 21.0. The highest BCUT2D eigenvalue weighted by molar-refractivity contribution is 5.71. The van der Waals surface area contributed by atoms with Gasteiger partial charge in [0.05, 0.1) is 5.92 Å². The van der Waals surface area contributed by atoms with E-state index in [0.29, 0.717) is 19.0 Å². The molecule has 0 saturated carbocycles. The molecule has 1 N–H and O–H groups in total. The van der Waals surface area contributed by atoms with Gasteiger partial charge >= 0.3 is 5.97 Å². The second-order valence-electron chi connectivity index (χ2n) is 9.75. The van der Waals surface area contributed by atoms with Crippen molar-refractivity contribution in [2.75, 3.05) is 13.1 Å². The number of carboxylic acid groups (broad SMARTS) is 1. The molecular weight excluding hydrogens is 464 g/mol. The normalized spacial score (nSPS) is 17.6. The van der Waals surface area contributed by atoms with Gasteiger partial charge in [-0.25, -0.2) is 4.98 Å². The third-order valence-electron chi connectivity index (χ3n) is 7.07. The molecule has 5 rings (SSSR count). The molecule has 2 atom stereocenters. The summed E-state index contributed by atoms with van der Waals surface area (Å²) in [6.45, 7) is 4.41. The fourth-order valence-electron chi connectivity index (χ4n) is 5.06. The third kappa shape index (κ3) is 6.27. The zero-order chi connectivity index (χ0) is 25.6. The number of hydrogen-bond acceptors (Lipinski definition) is 5. The standard InChI is InChI=1S/C31H32N2O4/c1-22-29(32-30(37-22)25-12-6-3-7-13-25)21-36-27-14-8-11-23(17-27)15-16-26-19-33(20-28(26)31(34)35)18-24-9-4-2-5-10-24/h2-14,17,26,28H,15-16,18-21H2,1H3,(H,34,35)/t26-,28-/m1/s1. The average molecular weight is 497 g/mol. The fourth-order valence-corrected chi connectivity index (χ4v) is 5.06. The van der Waals surface area contributed by atoms with Gasteiger partial charge in [0.25, 0.3) is 0 Å². The van der Waals surface area contributed by atoms with Gasteiger partial charge in [-0.05, 0) is 61.1 Å². The summed E-state index contributed by atoms with van der Waals surface area (Å²) in [5.74, 6) is 1.20. The van der Waals surface area contributed by atoms with Gasteiger partial charge in [-0.15, -0.1) is 0 Å². The summed E-state index contributed by atoms with van der Waals surface area (Å²) in [5.41, 5.74) is 4.08. The topological polar surface area (TPSA) is 75.8 Å². The summed E-state index contributed by atoms with van der Waals surface area (Å²) in [6.07, 6.45) is 1.64. The second kappa shape index (κ2) is 11.4. The Bertz CT molecular complexity index is 1320. The van der Waals surface area contributed by atoms with E-state index >= 15 is 0 Å². The Kier molecular flexibility index (Phi) is 7.66. The Hall–Kier alpha value is -3.90. The minimum atomic E-state index is -0.699. The number of aliphatic carboxylic acids is 1. The van der Waals surface area contributed by atoms with E-state index in [1.54, 1.807) is 0 Å². The molecule has 0 spiro atoms. The van der Waals surface area contributed by atoms with Gasteiger partial charge in [0.2, 0.25) is 5.89 Å². The van der Waals surface area contributed by atoms with Gasteiger partial charge in [-0.2, -0.15) is 0 Å². The van der Waals surface area contributed by atoms with Gasteiger partial charge in [-0.3, -0.25) is 9.69 Å². The molecule has 1 aliphatic rings. The van der Waals surface area contributed by atoms with Crippen LogP contribution in [0.2, 0.25) is 0 Å². The molecule has 37 heavy (non-hydrogen) atoms. The lowest BCUT2D eigenvalue weighted by Crippen LogP contribution is -2.23. The number of hydrogen-bond donors (Lipinski definition) is 1. The molecule has 0 unspecified atom stereocenters. The number of likely N-dealkylation sites (tertiary alicyclic amines) is 1. The summed E-state index contributed by atoms with van der Waals surface area (Å²) in [7, 11) is 0. The second-order valence-corrected chi connectivity index (χ2v) is 9.75. The minimum Gasteiger partial charge on any atom is -0.487 e. The van der Waals surface area contributed by atoms with Crippen molar-refractivity contribution in [3.05, 3.63) is 108 Å². The Balaban J connectivity index is 1.18. The summed E-state index contributed by atoms with van der Waals surface area (Å²) in [4.78, 5) is 18.8. The number of aryl methyl sites for hydroxylation is 2. The highest BCUT2D eigenvalue weighted by Gasteiger charge is 2.37. The summed E-state index contributed by atoms with van der Waals surface area (Å²) >= 11 is 0. The van der Waals surface area contributed by atoms with Crippen LogP contribution in [0.5, 0.6) is 5.75 Å². The van der Waals surface area contributed by atoms with Crippen LogP contribution in [0.25, 0.3) is 11.5 Å². The molecule has 1 aliphatic heterocycles. The smallest absolute Gasteiger partial charge is 0.308 e. The van der Waals surface area contributed by atoms with Crippen LogP contribution in [0.1, 0.15) is 29.0 Å². The van der Waals surface area contributed by atoms with Crippen molar-refractivity contribution in [2.24, 2.45) is 11.8 Å². The number of nitrogens with zero attached hydrogens (tertiary/aromatic N) is 2. The van der Waals surface area contributed by atoms with Gasteiger partial charge in [0.15, 0.2) is 0 Å². The van der Waals surface area contributed by atoms with Crippen molar-refractivity contribution >= 4 is 5.97 Å². The average Bonchev–Trinajstić information content (AvgIpc) is 3.50. The maximum absolute atomic E-state index is 12.0. The third-order valence-corrected chi connectivity index (χ3v) is 7.07. The molecule has 6 heteroatoms. The van der Waals surface area contributed by atoms with Crippen LogP contribution in [0.3, 0.4) is 0 Å². The first-order chi connectivity index (χ1) is 18.0. The van der Waals surface area contributed by atoms with E-state index in [4.69, 9.17) is 9.15 Å². The van der Waals surface area contributed by atoms with Gasteiger partial charge in [-0.1, -0.05) is 60.7 Å². The molecule has 0 radical (unpaired) electrons. The van der Waals surface area contributed by atoms with Crippen LogP contribution in [-0.4, -0.2) is 34.0 Å². The lowest BCUT2D eigenvalue weighted by Gasteiger charge is -2.16. The molecule has 2 heterocycles. The number of benzene rings is 3. The molecule has 1 fully saturated rings. The van der Waals surface area contributed by atoms with E-state index in [0.717, 1.165) is 54.3 Å². The van der Waals surface area contributed by atoms with Crippen molar-refractivity contribution < 1.29 is 19.1 Å². The summed E-state index contributed by atoms with van der Waals surface area (Å²) in [5, 5.41) is 9.82. The SMILES string of the molecule is Cc1oc(-c2ccccc2)nc1COc1cccc(CC[C@@H]2CN(Cc3ccccc3)C[C@H]2C(=O)O)c1. The minimum absolute atomic E-state index is 0.125. The molecule has 3 aromatic carbocycles. The largest absolute Gasteiger partial charge is 0.487 e. The number of oxazole rings is 1. The predicted molar refractivity (Wildman–Crippen MR) is 142 cm³/mol. The van der Waals surface area contributed by atoms with E-state index in [1.165, 1.54) is 5.56 Å².